The van der Waals surface area contributed by atoms with Crippen molar-refractivity contribution < 1.29 is 8.42 Å². The van der Waals surface area contributed by atoms with E-state index in [1.807, 2.05) is 30.3 Å². The second-order valence-electron chi connectivity index (χ2n) is 3.95. The van der Waals surface area contributed by atoms with E-state index in [1.54, 1.807) is 16.9 Å². The molecule has 0 saturated carbocycles. The Morgan fingerprint density at radius 3 is 2.63 bits per heavy atom. The van der Waals surface area contributed by atoms with Crippen LogP contribution in [0, 0.1) is 11.3 Å². The van der Waals surface area contributed by atoms with Crippen LogP contribution in [0.3, 0.4) is 0 Å². The standard InChI is InChI=1S/C13H11N3O2S/c1-19(17,18)13(8-14)7-11-9-15-16(10-11)12-5-3-2-4-6-12/h2-7,9-10H,1H3/b13-7-. The molecule has 1 aromatic carbocycles. The first-order chi connectivity index (χ1) is 9.00. The molecular formula is C13H11N3O2S. The third kappa shape index (κ3) is 3.09. The highest BCUT2D eigenvalue weighted by molar-refractivity contribution is 7.95. The fourth-order valence-electron chi connectivity index (χ4n) is 1.51. The van der Waals surface area contributed by atoms with Crippen molar-refractivity contribution >= 4 is 15.9 Å². The third-order valence-electron chi connectivity index (χ3n) is 2.43. The van der Waals surface area contributed by atoms with Crippen LogP contribution in [0.4, 0.5) is 0 Å². The van der Waals surface area contributed by atoms with Crippen molar-refractivity contribution in [3.05, 3.63) is 53.2 Å². The summed E-state index contributed by atoms with van der Waals surface area (Å²) in [6, 6.07) is 11.1. The summed E-state index contributed by atoms with van der Waals surface area (Å²) in [5.74, 6) is 0. The number of nitriles is 1. The van der Waals surface area contributed by atoms with Crippen LogP contribution in [-0.4, -0.2) is 24.5 Å². The summed E-state index contributed by atoms with van der Waals surface area (Å²) in [4.78, 5) is -0.278. The maximum Gasteiger partial charge on any atom is 0.185 e. The molecular weight excluding hydrogens is 262 g/mol. The third-order valence-corrected chi connectivity index (χ3v) is 3.44. The first kappa shape index (κ1) is 13.1. The van der Waals surface area contributed by atoms with Crippen LogP contribution in [0.15, 0.2) is 47.6 Å². The largest absolute Gasteiger partial charge is 0.240 e. The molecule has 0 aliphatic rings. The summed E-state index contributed by atoms with van der Waals surface area (Å²) < 4.78 is 24.3. The van der Waals surface area contributed by atoms with Crippen LogP contribution < -0.4 is 0 Å². The van der Waals surface area contributed by atoms with Gasteiger partial charge in [0.1, 0.15) is 11.0 Å². The molecule has 5 nitrogen and oxygen atoms in total. The minimum atomic E-state index is -3.51. The molecule has 0 radical (unpaired) electrons. The molecule has 6 heteroatoms. The second-order valence-corrected chi connectivity index (χ2v) is 5.93. The first-order valence-electron chi connectivity index (χ1n) is 5.42. The molecule has 1 heterocycles. The summed E-state index contributed by atoms with van der Waals surface area (Å²) in [6.07, 6.45) is 5.48. The molecule has 0 aliphatic heterocycles. The van der Waals surface area contributed by atoms with E-state index in [0.29, 0.717) is 5.56 Å². The molecule has 96 valence electrons. The van der Waals surface area contributed by atoms with Crippen LogP contribution in [-0.2, 0) is 9.84 Å². The van der Waals surface area contributed by atoms with Gasteiger partial charge in [-0.15, -0.1) is 0 Å². The minimum Gasteiger partial charge on any atom is -0.240 e. The Kier molecular flexibility index (Phi) is 3.49. The van der Waals surface area contributed by atoms with Gasteiger partial charge in [0.2, 0.25) is 0 Å². The number of para-hydroxylation sites is 1. The summed E-state index contributed by atoms with van der Waals surface area (Å²) in [6.45, 7) is 0. The number of aromatic nitrogens is 2. The molecule has 0 fully saturated rings. The Balaban J connectivity index is 2.38. The predicted molar refractivity (Wildman–Crippen MR) is 72.0 cm³/mol. The van der Waals surface area contributed by atoms with Gasteiger partial charge in [-0.2, -0.15) is 10.4 Å². The summed E-state index contributed by atoms with van der Waals surface area (Å²) >= 11 is 0. The van der Waals surface area contributed by atoms with Gasteiger partial charge in [0.05, 0.1) is 11.9 Å². The molecule has 0 aliphatic carbocycles. The van der Waals surface area contributed by atoms with Crippen LogP contribution in [0.2, 0.25) is 0 Å². The Bertz CT molecular complexity index is 753. The lowest BCUT2D eigenvalue weighted by molar-refractivity contribution is 0.609. The molecule has 2 aromatic rings. The van der Waals surface area contributed by atoms with Crippen molar-refractivity contribution in [2.45, 2.75) is 0 Å². The molecule has 0 saturated heterocycles. The maximum absolute atomic E-state index is 11.3. The molecule has 1 aromatic heterocycles. The van der Waals surface area contributed by atoms with Gasteiger partial charge in [-0.05, 0) is 18.2 Å². The van der Waals surface area contributed by atoms with E-state index in [-0.39, 0.29) is 4.91 Å². The quantitative estimate of drug-likeness (QED) is 0.799. The van der Waals surface area contributed by atoms with E-state index < -0.39 is 9.84 Å². The summed E-state index contributed by atoms with van der Waals surface area (Å²) in [5.41, 5.74) is 1.42. The Morgan fingerprint density at radius 2 is 2.05 bits per heavy atom. The zero-order valence-electron chi connectivity index (χ0n) is 10.2. The number of sulfone groups is 1. The van der Waals surface area contributed by atoms with E-state index in [4.69, 9.17) is 5.26 Å². The molecule has 0 bridgehead atoms. The van der Waals surface area contributed by atoms with Gasteiger partial charge in [-0.3, -0.25) is 0 Å². The molecule has 0 amide bonds. The van der Waals surface area contributed by atoms with Crippen molar-refractivity contribution in [1.82, 2.24) is 9.78 Å². The Labute approximate surface area is 111 Å². The van der Waals surface area contributed by atoms with Crippen LogP contribution >= 0.6 is 0 Å². The van der Waals surface area contributed by atoms with Crippen LogP contribution in [0.5, 0.6) is 0 Å². The van der Waals surface area contributed by atoms with E-state index in [2.05, 4.69) is 5.10 Å². The second kappa shape index (κ2) is 5.08. The molecule has 0 N–H and O–H groups in total. The number of hydrogen-bond donors (Lipinski definition) is 0. The lowest BCUT2D eigenvalue weighted by Gasteiger charge is -1.98. The zero-order chi connectivity index (χ0) is 13.9. The average molecular weight is 273 g/mol. The number of allylic oxidation sites excluding steroid dienone is 1. The molecule has 0 spiro atoms. The highest BCUT2D eigenvalue weighted by atomic mass is 32.2. The topological polar surface area (TPSA) is 75.8 Å². The van der Waals surface area contributed by atoms with Gasteiger partial charge in [0.25, 0.3) is 0 Å². The highest BCUT2D eigenvalue weighted by Gasteiger charge is 2.11. The van der Waals surface area contributed by atoms with Crippen molar-refractivity contribution in [2.24, 2.45) is 0 Å². The highest BCUT2D eigenvalue weighted by Crippen LogP contribution is 2.13. The zero-order valence-corrected chi connectivity index (χ0v) is 11.0. The lowest BCUT2D eigenvalue weighted by Crippen LogP contribution is -1.98. The van der Waals surface area contributed by atoms with Gasteiger partial charge < -0.3 is 0 Å². The first-order valence-corrected chi connectivity index (χ1v) is 7.32. The predicted octanol–water partition coefficient (Wildman–Crippen LogP) is 1.78. The number of benzene rings is 1. The molecule has 0 atom stereocenters. The van der Waals surface area contributed by atoms with Crippen molar-refractivity contribution in [3.63, 3.8) is 0 Å². The van der Waals surface area contributed by atoms with Gasteiger partial charge >= 0.3 is 0 Å². The fourth-order valence-corrected chi connectivity index (χ4v) is 2.02. The van der Waals surface area contributed by atoms with Crippen LogP contribution in [0.1, 0.15) is 5.56 Å². The SMILES string of the molecule is CS(=O)(=O)/C(C#N)=C\c1cnn(-c2ccccc2)c1. The maximum atomic E-state index is 11.3. The average Bonchev–Trinajstić information content (AvgIpc) is 2.84. The molecule has 0 unspecified atom stereocenters. The smallest absolute Gasteiger partial charge is 0.185 e. The van der Waals surface area contributed by atoms with Crippen molar-refractivity contribution in [1.29, 1.82) is 5.26 Å². The van der Waals surface area contributed by atoms with Gasteiger partial charge in [-0.25, -0.2) is 13.1 Å². The van der Waals surface area contributed by atoms with E-state index in [9.17, 15) is 8.42 Å². The van der Waals surface area contributed by atoms with E-state index in [1.165, 1.54) is 12.3 Å². The van der Waals surface area contributed by atoms with E-state index in [0.717, 1.165) is 11.9 Å². The minimum absolute atomic E-state index is 0.278. The lowest BCUT2D eigenvalue weighted by atomic mass is 10.3. The van der Waals surface area contributed by atoms with Crippen LogP contribution in [0.25, 0.3) is 11.8 Å². The van der Waals surface area contributed by atoms with Gasteiger partial charge in [0, 0.05) is 18.0 Å². The number of rotatable bonds is 3. The van der Waals surface area contributed by atoms with Gasteiger partial charge in [0.15, 0.2) is 9.84 Å². The molecule has 2 rings (SSSR count). The monoisotopic (exact) mass is 273 g/mol. The number of nitrogens with zero attached hydrogens (tertiary/aromatic N) is 3. The fraction of sp³-hybridized carbons (Fsp3) is 0.0769. The Hall–Kier alpha value is -2.39. The molecule has 19 heavy (non-hydrogen) atoms. The van der Waals surface area contributed by atoms with Gasteiger partial charge in [-0.1, -0.05) is 18.2 Å². The summed E-state index contributed by atoms with van der Waals surface area (Å²) in [7, 11) is -3.51. The van der Waals surface area contributed by atoms with E-state index >= 15 is 0 Å². The number of hydrogen-bond acceptors (Lipinski definition) is 4. The van der Waals surface area contributed by atoms with Crippen molar-refractivity contribution in [2.75, 3.05) is 6.26 Å². The Morgan fingerprint density at radius 1 is 1.37 bits per heavy atom. The summed E-state index contributed by atoms with van der Waals surface area (Å²) in [5, 5.41) is 12.9. The normalized spacial score (nSPS) is 12.1. The van der Waals surface area contributed by atoms with Crippen molar-refractivity contribution in [3.8, 4) is 11.8 Å².